The molecule has 0 aliphatic carbocycles. The van der Waals surface area contributed by atoms with Gasteiger partial charge in [-0.2, -0.15) is 0 Å². The van der Waals surface area contributed by atoms with Crippen molar-refractivity contribution in [2.24, 2.45) is 0 Å². The molecule has 2 N–H and O–H groups in total. The number of likely N-dealkylation sites (tertiary alicyclic amines) is 1. The van der Waals surface area contributed by atoms with Crippen LogP contribution in [0.15, 0.2) is 78.9 Å². The van der Waals surface area contributed by atoms with Crippen molar-refractivity contribution in [1.82, 2.24) is 10.2 Å². The molecule has 0 amide bonds. The zero-order valence-corrected chi connectivity index (χ0v) is 20.4. The summed E-state index contributed by atoms with van der Waals surface area (Å²) in [7, 11) is 0. The fraction of sp³-hybridized carbons (Fsp3) is 0.357. The Morgan fingerprint density at radius 3 is 2.21 bits per heavy atom. The van der Waals surface area contributed by atoms with E-state index in [1.807, 2.05) is 48.5 Å². The Balaban J connectivity index is 1.35. The minimum absolute atomic E-state index is 0.332. The van der Waals surface area contributed by atoms with Gasteiger partial charge in [-0.1, -0.05) is 89.9 Å². The van der Waals surface area contributed by atoms with Crippen LogP contribution in [0.4, 0.5) is 0 Å². The van der Waals surface area contributed by atoms with Crippen molar-refractivity contribution in [3.05, 3.63) is 106 Å². The van der Waals surface area contributed by atoms with Crippen LogP contribution in [0.2, 0.25) is 10.0 Å². The topological polar surface area (TPSA) is 35.5 Å². The molecule has 1 heterocycles. The molecule has 5 heteroatoms. The van der Waals surface area contributed by atoms with Gasteiger partial charge >= 0.3 is 0 Å². The number of hydrogen-bond acceptors (Lipinski definition) is 3. The van der Waals surface area contributed by atoms with E-state index < -0.39 is 5.60 Å². The summed E-state index contributed by atoms with van der Waals surface area (Å²) in [4.78, 5) is 2.47. The SMILES string of the molecule is OC1(c2ccccc2)CCN(CC[C@H](CNCc2ccccc2)c2ccc(Cl)c(Cl)c2)CC1. The Labute approximate surface area is 207 Å². The smallest absolute Gasteiger partial charge is 0.0920 e. The zero-order chi connectivity index (χ0) is 23.1. The molecule has 0 aromatic heterocycles. The largest absolute Gasteiger partial charge is 0.385 e. The van der Waals surface area contributed by atoms with Gasteiger partial charge < -0.3 is 15.3 Å². The van der Waals surface area contributed by atoms with Crippen LogP contribution in [0.5, 0.6) is 0 Å². The van der Waals surface area contributed by atoms with Gasteiger partial charge in [0.15, 0.2) is 0 Å². The first-order valence-corrected chi connectivity index (χ1v) is 12.5. The van der Waals surface area contributed by atoms with Crippen molar-refractivity contribution in [2.45, 2.75) is 37.3 Å². The molecule has 3 nitrogen and oxygen atoms in total. The van der Waals surface area contributed by atoms with Crippen molar-refractivity contribution >= 4 is 23.2 Å². The number of piperidine rings is 1. The Morgan fingerprint density at radius 1 is 0.879 bits per heavy atom. The molecule has 1 aliphatic rings. The molecule has 33 heavy (non-hydrogen) atoms. The Kier molecular flexibility index (Phi) is 8.45. The van der Waals surface area contributed by atoms with Gasteiger partial charge in [0.1, 0.15) is 0 Å². The lowest BCUT2D eigenvalue weighted by molar-refractivity contribution is -0.0263. The third-order valence-corrected chi connectivity index (χ3v) is 7.50. The average molecular weight is 483 g/mol. The normalized spacial score (nSPS) is 17.1. The van der Waals surface area contributed by atoms with Crippen LogP contribution < -0.4 is 5.32 Å². The maximum Gasteiger partial charge on any atom is 0.0920 e. The minimum atomic E-state index is -0.710. The molecule has 0 unspecified atom stereocenters. The lowest BCUT2D eigenvalue weighted by atomic mass is 9.84. The second kappa shape index (κ2) is 11.5. The summed E-state index contributed by atoms with van der Waals surface area (Å²) >= 11 is 12.5. The van der Waals surface area contributed by atoms with Crippen molar-refractivity contribution in [3.63, 3.8) is 0 Å². The van der Waals surface area contributed by atoms with E-state index in [2.05, 4.69) is 40.5 Å². The lowest BCUT2D eigenvalue weighted by Crippen LogP contribution is -2.43. The molecule has 1 atom stereocenters. The summed E-state index contributed by atoms with van der Waals surface area (Å²) in [6.07, 6.45) is 2.55. The highest BCUT2D eigenvalue weighted by molar-refractivity contribution is 6.42. The number of hydrogen-bond donors (Lipinski definition) is 2. The van der Waals surface area contributed by atoms with E-state index in [-0.39, 0.29) is 0 Å². The highest BCUT2D eigenvalue weighted by atomic mass is 35.5. The fourth-order valence-corrected chi connectivity index (χ4v) is 4.97. The molecule has 0 spiro atoms. The number of rotatable bonds is 9. The van der Waals surface area contributed by atoms with Crippen molar-refractivity contribution in [1.29, 1.82) is 0 Å². The van der Waals surface area contributed by atoms with Crippen LogP contribution >= 0.6 is 23.2 Å². The van der Waals surface area contributed by atoms with Gasteiger partial charge in [-0.3, -0.25) is 0 Å². The maximum atomic E-state index is 11.1. The van der Waals surface area contributed by atoms with Gasteiger partial charge in [-0.15, -0.1) is 0 Å². The van der Waals surface area contributed by atoms with Crippen molar-refractivity contribution < 1.29 is 5.11 Å². The molecule has 3 aromatic rings. The van der Waals surface area contributed by atoms with Crippen LogP contribution in [-0.2, 0) is 12.1 Å². The Hall–Kier alpha value is -1.88. The van der Waals surface area contributed by atoms with Crippen molar-refractivity contribution in [2.75, 3.05) is 26.2 Å². The van der Waals surface area contributed by atoms with Gasteiger partial charge in [0, 0.05) is 26.2 Å². The van der Waals surface area contributed by atoms with Gasteiger partial charge in [0.2, 0.25) is 0 Å². The van der Waals surface area contributed by atoms with Crippen LogP contribution in [0.1, 0.15) is 41.9 Å². The number of halogens is 2. The second-order valence-corrected chi connectivity index (χ2v) is 9.83. The summed E-state index contributed by atoms with van der Waals surface area (Å²) in [6.45, 7) is 4.50. The van der Waals surface area contributed by atoms with E-state index >= 15 is 0 Å². The van der Waals surface area contributed by atoms with Crippen LogP contribution in [0.3, 0.4) is 0 Å². The highest BCUT2D eigenvalue weighted by Gasteiger charge is 2.33. The van der Waals surface area contributed by atoms with Gasteiger partial charge in [-0.05, 0) is 60.5 Å². The molecular weight excluding hydrogens is 451 g/mol. The predicted molar refractivity (Wildman–Crippen MR) is 138 cm³/mol. The first-order valence-electron chi connectivity index (χ1n) is 11.7. The van der Waals surface area contributed by atoms with Gasteiger partial charge in [0.05, 0.1) is 15.6 Å². The number of benzene rings is 3. The molecule has 0 radical (unpaired) electrons. The van der Waals surface area contributed by atoms with Crippen LogP contribution in [0.25, 0.3) is 0 Å². The van der Waals surface area contributed by atoms with E-state index in [4.69, 9.17) is 23.2 Å². The van der Waals surface area contributed by atoms with E-state index in [1.54, 1.807) is 0 Å². The first kappa shape index (κ1) is 24.3. The summed E-state index contributed by atoms with van der Waals surface area (Å²) in [5, 5.41) is 16.0. The average Bonchev–Trinajstić information content (AvgIpc) is 2.85. The molecule has 1 fully saturated rings. The molecule has 1 saturated heterocycles. The molecule has 0 bridgehead atoms. The molecule has 174 valence electrons. The second-order valence-electron chi connectivity index (χ2n) is 9.01. The van der Waals surface area contributed by atoms with Crippen LogP contribution in [-0.4, -0.2) is 36.2 Å². The van der Waals surface area contributed by atoms with Crippen molar-refractivity contribution in [3.8, 4) is 0 Å². The third kappa shape index (κ3) is 6.59. The van der Waals surface area contributed by atoms with Gasteiger partial charge in [-0.25, -0.2) is 0 Å². The predicted octanol–water partition coefficient (Wildman–Crippen LogP) is 6.24. The van der Waals surface area contributed by atoms with Gasteiger partial charge in [0.25, 0.3) is 0 Å². The van der Waals surface area contributed by atoms with Crippen LogP contribution in [0, 0.1) is 0 Å². The summed E-state index contributed by atoms with van der Waals surface area (Å²) in [5.41, 5.74) is 2.81. The third-order valence-electron chi connectivity index (χ3n) is 6.77. The molecular formula is C28H32Cl2N2O. The number of aliphatic hydroxyl groups is 1. The minimum Gasteiger partial charge on any atom is -0.385 e. The summed E-state index contributed by atoms with van der Waals surface area (Å²) < 4.78 is 0. The first-order chi connectivity index (χ1) is 16.0. The molecule has 3 aromatic carbocycles. The highest BCUT2D eigenvalue weighted by Crippen LogP contribution is 2.33. The van der Waals surface area contributed by atoms with E-state index in [0.717, 1.165) is 57.5 Å². The summed E-state index contributed by atoms with van der Waals surface area (Å²) in [6, 6.07) is 26.5. The standard InChI is InChI=1S/C28H32Cl2N2O/c29-26-12-11-23(19-27(26)30)24(21-31-20-22-7-3-1-4-8-22)13-16-32-17-14-28(33,15-18-32)25-9-5-2-6-10-25/h1-12,19,24,31,33H,13-18,20-21H2/t24-/m1/s1. The molecule has 1 aliphatic heterocycles. The molecule has 0 saturated carbocycles. The number of nitrogens with one attached hydrogen (secondary N) is 1. The number of nitrogens with zero attached hydrogens (tertiary/aromatic N) is 1. The monoisotopic (exact) mass is 482 g/mol. The summed E-state index contributed by atoms with van der Waals surface area (Å²) in [5.74, 6) is 0.332. The van der Waals surface area contributed by atoms with E-state index in [0.29, 0.717) is 16.0 Å². The Morgan fingerprint density at radius 2 is 1.55 bits per heavy atom. The lowest BCUT2D eigenvalue weighted by Gasteiger charge is -2.39. The Bertz CT molecular complexity index is 1000. The van der Waals surface area contributed by atoms with E-state index in [9.17, 15) is 5.11 Å². The fourth-order valence-electron chi connectivity index (χ4n) is 4.66. The quantitative estimate of drug-likeness (QED) is 0.378. The maximum absolute atomic E-state index is 11.1. The zero-order valence-electron chi connectivity index (χ0n) is 18.9. The molecule has 4 rings (SSSR count). The van der Waals surface area contributed by atoms with E-state index in [1.165, 1.54) is 11.1 Å².